The molecular weight excluding hydrogens is 124 g/mol. The molecule has 0 aliphatic rings. The second kappa shape index (κ2) is 2.63. The van der Waals surface area contributed by atoms with Crippen molar-refractivity contribution in [3.05, 3.63) is 10.1 Å². The van der Waals surface area contributed by atoms with Crippen LogP contribution in [0.15, 0.2) is 0 Å². The van der Waals surface area contributed by atoms with Crippen molar-refractivity contribution in [1.29, 1.82) is 0 Å². The normalized spacial score (nSPS) is 11.0. The Balaban J connectivity index is 3.71. The molecule has 0 bridgehead atoms. The monoisotopic (exact) mass is 134 g/mol. The van der Waals surface area contributed by atoms with Gasteiger partial charge in [0, 0.05) is 0 Å². The highest BCUT2D eigenvalue weighted by molar-refractivity contribution is 4.69. The third kappa shape index (κ3) is 3.72. The first-order valence-electron chi connectivity index (χ1n) is 2.51. The van der Waals surface area contributed by atoms with Gasteiger partial charge in [0.2, 0.25) is 0 Å². The molecule has 0 radical (unpaired) electrons. The summed E-state index contributed by atoms with van der Waals surface area (Å²) in [5.41, 5.74) is 1.11. The minimum absolute atomic E-state index is 0.256. The van der Waals surface area contributed by atoms with Crippen LogP contribution in [0, 0.1) is 10.1 Å². The van der Waals surface area contributed by atoms with Crippen LogP contribution in [0.3, 0.4) is 0 Å². The maximum absolute atomic E-state index is 9.76. The highest BCUT2D eigenvalue weighted by Crippen LogP contribution is 1.97. The quantitative estimate of drug-likeness (QED) is 0.404. The van der Waals surface area contributed by atoms with E-state index in [1.807, 2.05) is 5.43 Å². The van der Waals surface area contributed by atoms with Gasteiger partial charge in [0.05, 0.1) is 6.61 Å². The molecule has 0 fully saturated rings. The molecule has 0 spiro atoms. The molecule has 5 nitrogen and oxygen atoms in total. The van der Waals surface area contributed by atoms with Crippen LogP contribution in [0.25, 0.3) is 0 Å². The van der Waals surface area contributed by atoms with Crippen LogP contribution in [-0.4, -0.2) is 22.3 Å². The van der Waals surface area contributed by atoms with E-state index in [2.05, 4.69) is 0 Å². The standard InChI is InChI=1S/C4H10N2O3/c1-4(2,3-7)5-6(8)9/h5,7H,3H2,1-2H3. The summed E-state index contributed by atoms with van der Waals surface area (Å²) in [5.74, 6) is 0. The average molecular weight is 134 g/mol. The van der Waals surface area contributed by atoms with Crippen molar-refractivity contribution in [2.75, 3.05) is 6.61 Å². The number of nitrogens with zero attached hydrogens (tertiary/aromatic N) is 1. The van der Waals surface area contributed by atoms with Crippen LogP contribution < -0.4 is 5.43 Å². The zero-order valence-corrected chi connectivity index (χ0v) is 5.42. The molecule has 9 heavy (non-hydrogen) atoms. The third-order valence-corrected chi connectivity index (χ3v) is 0.789. The molecular formula is C4H10N2O3. The Morgan fingerprint density at radius 2 is 2.22 bits per heavy atom. The Kier molecular flexibility index (Phi) is 2.39. The van der Waals surface area contributed by atoms with E-state index in [0.717, 1.165) is 0 Å². The van der Waals surface area contributed by atoms with Crippen molar-refractivity contribution in [1.82, 2.24) is 5.43 Å². The molecule has 0 saturated carbocycles. The van der Waals surface area contributed by atoms with Gasteiger partial charge in [-0.15, -0.1) is 5.43 Å². The summed E-state index contributed by atoms with van der Waals surface area (Å²) in [5, 5.41) is 17.6. The predicted octanol–water partition coefficient (Wildman–Crippen LogP) is -0.461. The number of hydrazine groups is 1. The lowest BCUT2D eigenvalue weighted by Gasteiger charge is -2.16. The summed E-state index contributed by atoms with van der Waals surface area (Å²) >= 11 is 0. The van der Waals surface area contributed by atoms with E-state index in [9.17, 15) is 10.1 Å². The van der Waals surface area contributed by atoms with E-state index < -0.39 is 10.6 Å². The molecule has 0 aromatic carbocycles. The molecule has 54 valence electrons. The van der Waals surface area contributed by atoms with Gasteiger partial charge in [-0.2, -0.15) is 0 Å². The SMILES string of the molecule is CC(C)(CO)N[N+](=O)[O-]. The zero-order valence-electron chi connectivity index (χ0n) is 5.42. The summed E-state index contributed by atoms with van der Waals surface area (Å²) in [7, 11) is 0. The number of hydrogen-bond acceptors (Lipinski definition) is 3. The Morgan fingerprint density at radius 1 is 1.78 bits per heavy atom. The Bertz CT molecular complexity index is 112. The Morgan fingerprint density at radius 3 is 2.33 bits per heavy atom. The molecule has 0 aromatic heterocycles. The van der Waals surface area contributed by atoms with E-state index in [0.29, 0.717) is 0 Å². The molecule has 5 heteroatoms. The fourth-order valence-electron chi connectivity index (χ4n) is 0.282. The van der Waals surface area contributed by atoms with Crippen LogP contribution in [-0.2, 0) is 0 Å². The lowest BCUT2D eigenvalue weighted by atomic mass is 10.1. The fraction of sp³-hybridized carbons (Fsp3) is 1.00. The summed E-state index contributed by atoms with van der Waals surface area (Å²) in [4.78, 5) is 9.76. The van der Waals surface area contributed by atoms with Crippen LogP contribution >= 0.6 is 0 Å². The molecule has 0 rings (SSSR count). The van der Waals surface area contributed by atoms with E-state index >= 15 is 0 Å². The highest BCUT2D eigenvalue weighted by Gasteiger charge is 2.20. The van der Waals surface area contributed by atoms with Gasteiger partial charge >= 0.3 is 0 Å². The first kappa shape index (κ1) is 8.16. The van der Waals surface area contributed by atoms with Gasteiger partial charge in [-0.3, -0.25) is 0 Å². The lowest BCUT2D eigenvalue weighted by molar-refractivity contribution is -0.558. The van der Waals surface area contributed by atoms with Crippen molar-refractivity contribution < 1.29 is 10.1 Å². The van der Waals surface area contributed by atoms with Gasteiger partial charge in [0.25, 0.3) is 0 Å². The number of rotatable bonds is 3. The second-order valence-corrected chi connectivity index (χ2v) is 2.41. The maximum atomic E-state index is 9.76. The number of nitro groups is 1. The van der Waals surface area contributed by atoms with E-state index in [-0.39, 0.29) is 6.61 Å². The third-order valence-electron chi connectivity index (χ3n) is 0.789. The molecule has 0 unspecified atom stereocenters. The van der Waals surface area contributed by atoms with Gasteiger partial charge in [0.1, 0.15) is 5.54 Å². The number of aliphatic hydroxyl groups excluding tert-OH is 1. The molecule has 0 aliphatic carbocycles. The number of hydrogen-bond donors (Lipinski definition) is 2. The molecule has 0 amide bonds. The van der Waals surface area contributed by atoms with Crippen LogP contribution in [0.2, 0.25) is 0 Å². The van der Waals surface area contributed by atoms with Crippen molar-refractivity contribution in [3.63, 3.8) is 0 Å². The smallest absolute Gasteiger partial charge is 0.158 e. The van der Waals surface area contributed by atoms with Crippen LogP contribution in [0.4, 0.5) is 0 Å². The van der Waals surface area contributed by atoms with Crippen LogP contribution in [0.5, 0.6) is 0 Å². The number of nitrogens with one attached hydrogen (secondary N) is 1. The van der Waals surface area contributed by atoms with E-state index in [4.69, 9.17) is 5.11 Å². The van der Waals surface area contributed by atoms with Gasteiger partial charge in [-0.05, 0) is 13.8 Å². The van der Waals surface area contributed by atoms with Gasteiger partial charge in [-0.25, -0.2) is 10.1 Å². The minimum atomic E-state index is -0.830. The van der Waals surface area contributed by atoms with Gasteiger partial charge < -0.3 is 5.11 Å². The Hall–Kier alpha value is -0.840. The molecule has 0 heterocycles. The van der Waals surface area contributed by atoms with E-state index in [1.54, 1.807) is 0 Å². The summed E-state index contributed by atoms with van der Waals surface area (Å²) in [6.07, 6.45) is 0. The molecule has 0 saturated heterocycles. The zero-order chi connectivity index (χ0) is 7.49. The summed E-state index contributed by atoms with van der Waals surface area (Å²) in [6.45, 7) is 2.82. The molecule has 0 aliphatic heterocycles. The number of aliphatic hydroxyl groups is 1. The fourth-order valence-corrected chi connectivity index (χ4v) is 0.282. The van der Waals surface area contributed by atoms with Crippen LogP contribution in [0.1, 0.15) is 13.8 Å². The van der Waals surface area contributed by atoms with E-state index in [1.165, 1.54) is 13.8 Å². The average Bonchev–Trinajstić information content (AvgIpc) is 1.63. The first-order chi connectivity index (χ1) is 3.98. The molecule has 2 N–H and O–H groups in total. The molecule has 0 aromatic rings. The first-order valence-corrected chi connectivity index (χ1v) is 2.51. The largest absolute Gasteiger partial charge is 0.394 e. The van der Waals surface area contributed by atoms with Crippen molar-refractivity contribution in [2.24, 2.45) is 0 Å². The second-order valence-electron chi connectivity index (χ2n) is 2.41. The maximum Gasteiger partial charge on any atom is 0.158 e. The summed E-state index contributed by atoms with van der Waals surface area (Å²) < 4.78 is 0. The Labute approximate surface area is 52.8 Å². The lowest BCUT2D eigenvalue weighted by Crippen LogP contribution is -2.45. The summed E-state index contributed by atoms with van der Waals surface area (Å²) in [6, 6.07) is 0. The predicted molar refractivity (Wildman–Crippen MR) is 31.3 cm³/mol. The topological polar surface area (TPSA) is 75.4 Å². The van der Waals surface area contributed by atoms with Crippen molar-refractivity contribution in [3.8, 4) is 0 Å². The highest BCUT2D eigenvalue weighted by atomic mass is 16.7. The minimum Gasteiger partial charge on any atom is -0.394 e. The van der Waals surface area contributed by atoms with Gasteiger partial charge in [0.15, 0.2) is 5.03 Å². The van der Waals surface area contributed by atoms with Crippen molar-refractivity contribution in [2.45, 2.75) is 19.4 Å². The van der Waals surface area contributed by atoms with Gasteiger partial charge in [-0.1, -0.05) is 0 Å². The molecule has 0 atom stereocenters. The van der Waals surface area contributed by atoms with Crippen molar-refractivity contribution >= 4 is 0 Å².